The second-order valence-corrected chi connectivity index (χ2v) is 4.37. The first-order valence-electron chi connectivity index (χ1n) is 4.94. The molecule has 0 aromatic rings. The van der Waals surface area contributed by atoms with E-state index >= 15 is 0 Å². The number of hydrogen-bond donors (Lipinski definition) is 2. The number of nitrogens with one attached hydrogen (secondary N) is 2. The number of hydrogen-bond acceptors (Lipinski definition) is 3. The third kappa shape index (κ3) is 3.72. The average Bonchev–Trinajstić information content (AvgIpc) is 2.18. The maximum absolute atomic E-state index is 11.4. The fourth-order valence-electron chi connectivity index (χ4n) is 1.59. The Morgan fingerprint density at radius 3 is 3.07 bits per heavy atom. The monoisotopic (exact) mass is 214 g/mol. The molecule has 3 nitrogen and oxygen atoms in total. The highest BCUT2D eigenvalue weighted by Crippen LogP contribution is 2.10. The van der Waals surface area contributed by atoms with Gasteiger partial charge in [0.25, 0.3) is 0 Å². The summed E-state index contributed by atoms with van der Waals surface area (Å²) in [7, 11) is 0. The maximum atomic E-state index is 11.4. The zero-order valence-electron chi connectivity index (χ0n) is 8.75. The summed E-state index contributed by atoms with van der Waals surface area (Å²) >= 11 is 1.54. The molecule has 2 N–H and O–H groups in total. The minimum absolute atomic E-state index is 0.0260. The molecule has 1 aliphatic heterocycles. The van der Waals surface area contributed by atoms with Gasteiger partial charge in [-0.2, -0.15) is 0 Å². The van der Waals surface area contributed by atoms with Crippen molar-refractivity contribution in [3.63, 3.8) is 0 Å². The van der Waals surface area contributed by atoms with Crippen LogP contribution in [-0.2, 0) is 4.79 Å². The van der Waals surface area contributed by atoms with Gasteiger partial charge in [0.2, 0.25) is 5.91 Å². The van der Waals surface area contributed by atoms with Crippen LogP contribution in [0.3, 0.4) is 0 Å². The molecule has 0 aromatic heterocycles. The second kappa shape index (κ2) is 6.09. The van der Waals surface area contributed by atoms with E-state index in [1.807, 2.05) is 6.26 Å². The molecule has 2 unspecified atom stereocenters. The van der Waals surface area contributed by atoms with E-state index in [-0.39, 0.29) is 5.91 Å². The first-order chi connectivity index (χ1) is 6.74. The van der Waals surface area contributed by atoms with E-state index in [9.17, 15) is 4.79 Å². The van der Waals surface area contributed by atoms with Crippen molar-refractivity contribution in [3.8, 4) is 0 Å². The SMILES string of the molecule is CS/C=C/C(=O)NC1CCNCC1C. The number of thioether (sulfide) groups is 1. The molecular formula is C10H18N2OS. The van der Waals surface area contributed by atoms with Gasteiger partial charge in [0.1, 0.15) is 0 Å². The number of rotatable bonds is 3. The van der Waals surface area contributed by atoms with Gasteiger partial charge < -0.3 is 10.6 Å². The minimum atomic E-state index is 0.0260. The van der Waals surface area contributed by atoms with Crippen molar-refractivity contribution in [1.29, 1.82) is 0 Å². The molecule has 0 aliphatic carbocycles. The standard InChI is InChI=1S/C10H18N2OS/c1-8-7-11-5-3-9(8)12-10(13)4-6-14-2/h4,6,8-9,11H,3,5,7H2,1-2H3,(H,12,13)/b6-4+. The zero-order chi connectivity index (χ0) is 10.4. The Labute approximate surface area is 89.7 Å². The Balaban J connectivity index is 2.34. The quantitative estimate of drug-likeness (QED) is 0.688. The van der Waals surface area contributed by atoms with Crippen molar-refractivity contribution >= 4 is 17.7 Å². The first kappa shape index (κ1) is 11.6. The second-order valence-electron chi connectivity index (χ2n) is 3.62. The molecular weight excluding hydrogens is 196 g/mol. The molecule has 0 bridgehead atoms. The summed E-state index contributed by atoms with van der Waals surface area (Å²) in [5.74, 6) is 0.550. The topological polar surface area (TPSA) is 41.1 Å². The predicted octanol–water partition coefficient (Wildman–Crippen LogP) is 0.977. The number of carbonyl (C=O) groups excluding carboxylic acids is 1. The highest BCUT2D eigenvalue weighted by Gasteiger charge is 2.21. The third-order valence-corrected chi connectivity index (χ3v) is 2.88. The maximum Gasteiger partial charge on any atom is 0.244 e. The van der Waals surface area contributed by atoms with Gasteiger partial charge in [0, 0.05) is 12.1 Å². The molecule has 1 saturated heterocycles. The van der Waals surface area contributed by atoms with E-state index in [2.05, 4.69) is 17.6 Å². The fourth-order valence-corrected chi connectivity index (χ4v) is 1.85. The van der Waals surface area contributed by atoms with Crippen molar-refractivity contribution in [2.45, 2.75) is 19.4 Å². The van der Waals surface area contributed by atoms with Gasteiger partial charge in [-0.25, -0.2) is 0 Å². The minimum Gasteiger partial charge on any atom is -0.349 e. The Morgan fingerprint density at radius 2 is 2.43 bits per heavy atom. The summed E-state index contributed by atoms with van der Waals surface area (Å²) in [6, 6.07) is 0.329. The predicted molar refractivity (Wildman–Crippen MR) is 61.2 cm³/mol. The van der Waals surface area contributed by atoms with Gasteiger partial charge in [-0.3, -0.25) is 4.79 Å². The van der Waals surface area contributed by atoms with Gasteiger partial charge in [-0.1, -0.05) is 6.92 Å². The molecule has 0 radical (unpaired) electrons. The van der Waals surface area contributed by atoms with Crippen LogP contribution >= 0.6 is 11.8 Å². The smallest absolute Gasteiger partial charge is 0.244 e. The van der Waals surface area contributed by atoms with Gasteiger partial charge in [-0.05, 0) is 37.1 Å². The molecule has 1 aliphatic rings. The lowest BCUT2D eigenvalue weighted by Gasteiger charge is -2.29. The van der Waals surface area contributed by atoms with Crippen molar-refractivity contribution < 1.29 is 4.79 Å². The molecule has 0 saturated carbocycles. The lowest BCUT2D eigenvalue weighted by Crippen LogP contribution is -2.47. The summed E-state index contributed by atoms with van der Waals surface area (Å²) in [6.45, 7) is 4.16. The van der Waals surface area contributed by atoms with Crippen LogP contribution in [0.1, 0.15) is 13.3 Å². The Bertz CT molecular complexity index is 218. The third-order valence-electron chi connectivity index (χ3n) is 2.47. The molecule has 14 heavy (non-hydrogen) atoms. The highest BCUT2D eigenvalue weighted by atomic mass is 32.2. The van der Waals surface area contributed by atoms with E-state index in [0.717, 1.165) is 19.5 Å². The summed E-state index contributed by atoms with van der Waals surface area (Å²) in [6.07, 6.45) is 4.57. The fraction of sp³-hybridized carbons (Fsp3) is 0.700. The summed E-state index contributed by atoms with van der Waals surface area (Å²) in [5, 5.41) is 8.14. The van der Waals surface area contributed by atoms with Crippen LogP contribution in [0.25, 0.3) is 0 Å². The molecule has 0 aromatic carbocycles. The molecule has 2 atom stereocenters. The molecule has 1 rings (SSSR count). The van der Waals surface area contributed by atoms with Crippen molar-refractivity contribution in [2.75, 3.05) is 19.3 Å². The van der Waals surface area contributed by atoms with Crippen molar-refractivity contribution in [3.05, 3.63) is 11.5 Å². The molecule has 1 heterocycles. The molecule has 4 heteroatoms. The van der Waals surface area contributed by atoms with E-state index in [0.29, 0.717) is 12.0 Å². The molecule has 80 valence electrons. The Morgan fingerprint density at radius 1 is 1.64 bits per heavy atom. The molecule has 1 fully saturated rings. The number of piperidine rings is 1. The van der Waals surface area contributed by atoms with Crippen molar-refractivity contribution in [2.24, 2.45) is 5.92 Å². The van der Waals surface area contributed by atoms with Crippen LogP contribution in [0.4, 0.5) is 0 Å². The van der Waals surface area contributed by atoms with Crippen LogP contribution < -0.4 is 10.6 Å². The van der Waals surface area contributed by atoms with E-state index in [1.54, 1.807) is 11.5 Å². The lowest BCUT2D eigenvalue weighted by atomic mass is 9.95. The molecule has 0 spiro atoms. The van der Waals surface area contributed by atoms with Crippen LogP contribution in [0.15, 0.2) is 11.5 Å². The first-order valence-corrected chi connectivity index (χ1v) is 6.23. The van der Waals surface area contributed by atoms with Gasteiger partial charge in [-0.15, -0.1) is 11.8 Å². The number of carbonyl (C=O) groups is 1. The van der Waals surface area contributed by atoms with Gasteiger partial charge in [0.15, 0.2) is 0 Å². The highest BCUT2D eigenvalue weighted by molar-refractivity contribution is 8.01. The lowest BCUT2D eigenvalue weighted by molar-refractivity contribution is -0.117. The Kier molecular flexibility index (Phi) is 5.04. The zero-order valence-corrected chi connectivity index (χ0v) is 9.56. The van der Waals surface area contributed by atoms with Crippen LogP contribution in [0.2, 0.25) is 0 Å². The normalized spacial score (nSPS) is 27.9. The Hall–Kier alpha value is -0.480. The summed E-state index contributed by atoms with van der Waals surface area (Å²) in [4.78, 5) is 11.4. The largest absolute Gasteiger partial charge is 0.349 e. The van der Waals surface area contributed by atoms with Crippen molar-refractivity contribution in [1.82, 2.24) is 10.6 Å². The van der Waals surface area contributed by atoms with E-state index < -0.39 is 0 Å². The van der Waals surface area contributed by atoms with Crippen LogP contribution in [-0.4, -0.2) is 31.3 Å². The van der Waals surface area contributed by atoms with E-state index in [4.69, 9.17) is 0 Å². The summed E-state index contributed by atoms with van der Waals surface area (Å²) < 4.78 is 0. The van der Waals surface area contributed by atoms with Gasteiger partial charge >= 0.3 is 0 Å². The van der Waals surface area contributed by atoms with E-state index in [1.165, 1.54) is 11.8 Å². The average molecular weight is 214 g/mol. The van der Waals surface area contributed by atoms with Crippen LogP contribution in [0.5, 0.6) is 0 Å². The van der Waals surface area contributed by atoms with Crippen LogP contribution in [0, 0.1) is 5.92 Å². The molecule has 1 amide bonds. The number of amides is 1. The summed E-state index contributed by atoms with van der Waals surface area (Å²) in [5.41, 5.74) is 0. The van der Waals surface area contributed by atoms with Gasteiger partial charge in [0.05, 0.1) is 0 Å².